The quantitative estimate of drug-likeness (QED) is 0.0548. The molecular formula is C28H46O21Si9. The van der Waals surface area contributed by atoms with E-state index in [0.717, 1.165) is 22.8 Å². The third kappa shape index (κ3) is 10.1. The predicted octanol–water partition coefficient (Wildman–Crippen LogP) is -2.00. The molecule has 4 rings (SSSR count). The average Bonchev–Trinajstić information content (AvgIpc) is 3.16. The van der Waals surface area contributed by atoms with Gasteiger partial charge in [-0.25, -0.2) is 14.4 Å². The Morgan fingerprint density at radius 2 is 0.879 bits per heavy atom. The lowest BCUT2D eigenvalue weighted by molar-refractivity contribution is -0.142. The molecule has 0 radical (unpaired) electrons. The molecule has 21 nitrogen and oxygen atoms in total. The molecule has 0 aromatic heterocycles. The minimum absolute atomic E-state index is 0.0183. The molecule has 4 heterocycles. The average molecular weight is 971 g/mol. The molecule has 7 unspecified atom stereocenters. The van der Waals surface area contributed by atoms with Crippen LogP contribution in [-0.2, 0) is 78.0 Å². The Bertz CT molecular complexity index is 1660. The minimum atomic E-state index is -5.12. The molecule has 4 saturated heterocycles. The number of hydrogen-bond acceptors (Lipinski definition) is 21. The molecular weight excluding hydrogens is 925 g/mol. The van der Waals surface area contributed by atoms with E-state index in [9.17, 15) is 29.7 Å². The Morgan fingerprint density at radius 1 is 0.569 bits per heavy atom. The molecule has 4 fully saturated rings. The van der Waals surface area contributed by atoms with Gasteiger partial charge in [-0.3, -0.25) is 0 Å². The largest absolute Gasteiger partial charge is 0.511 e. The van der Waals surface area contributed by atoms with Gasteiger partial charge in [0.25, 0.3) is 10.0 Å². The molecule has 6 bridgehead atoms. The van der Waals surface area contributed by atoms with Crippen molar-refractivity contribution in [1.29, 1.82) is 0 Å². The standard InChI is InChI=1S/C28H46O21Si9/c1-12-50-38-56(23(29)17-35-26(32)20(6)7)44-53(14-3)41-52(13-2)42-54(15-4,45-56)47-58(25(31)19-37-28(34)22(10)11)40-51-39-57(46-53,48-55(16-5,43-52)49-58)24(30)18-36-27(33)21(8)9/h12-16,23-25,29-31H,1-6,8,10,17-19,50-51H2,7,9,11H3. The van der Waals surface area contributed by atoms with E-state index < -0.39 is 136 Å². The van der Waals surface area contributed by atoms with Crippen LogP contribution >= 0.6 is 0 Å². The Hall–Kier alpha value is -2.32. The van der Waals surface area contributed by atoms with Crippen molar-refractivity contribution in [3.63, 3.8) is 0 Å². The Morgan fingerprint density at radius 3 is 1.19 bits per heavy atom. The van der Waals surface area contributed by atoms with Crippen molar-refractivity contribution < 1.29 is 93.3 Å². The summed E-state index contributed by atoms with van der Waals surface area (Å²) in [7, 11) is -39.6. The summed E-state index contributed by atoms with van der Waals surface area (Å²) >= 11 is 0. The molecule has 0 spiro atoms. The summed E-state index contributed by atoms with van der Waals surface area (Å²) in [5, 5.41) is 35.9. The van der Waals surface area contributed by atoms with E-state index in [1.165, 1.54) is 26.5 Å². The van der Waals surface area contributed by atoms with Crippen molar-refractivity contribution in [3.8, 4) is 0 Å². The van der Waals surface area contributed by atoms with Crippen LogP contribution < -0.4 is 0 Å². The molecule has 4 aliphatic rings. The molecule has 58 heavy (non-hydrogen) atoms. The van der Waals surface area contributed by atoms with Crippen LogP contribution in [0.2, 0.25) is 0 Å². The first kappa shape index (κ1) is 48.3. The number of carbonyl (C=O) groups excluding carboxylic acids is 3. The molecule has 3 N–H and O–H groups in total. The molecule has 0 aliphatic carbocycles. The lowest BCUT2D eigenvalue weighted by Crippen LogP contribution is -2.86. The second-order valence-corrected chi connectivity index (χ2v) is 36.7. The maximum Gasteiger partial charge on any atom is 0.511 e. The van der Waals surface area contributed by atoms with Crippen molar-refractivity contribution >= 4 is 99.3 Å². The monoisotopic (exact) mass is 970 g/mol. The lowest BCUT2D eigenvalue weighted by atomic mass is 10.4. The minimum Gasteiger partial charge on any atom is -0.460 e. The van der Waals surface area contributed by atoms with Gasteiger partial charge in [-0.05, 0) is 43.6 Å². The highest BCUT2D eigenvalue weighted by molar-refractivity contribution is 7.03. The van der Waals surface area contributed by atoms with Crippen LogP contribution in [0.4, 0.5) is 0 Å². The van der Waals surface area contributed by atoms with Crippen LogP contribution in [0.25, 0.3) is 0 Å². The Kier molecular flexibility index (Phi) is 15.6. The number of rotatable bonds is 19. The van der Waals surface area contributed by atoms with E-state index in [1.54, 1.807) is 0 Å². The highest BCUT2D eigenvalue weighted by atomic mass is 28.6. The number of aliphatic hydroxyl groups excluding tert-OH is 3. The van der Waals surface area contributed by atoms with Gasteiger partial charge in [0.15, 0.2) is 26.9 Å². The first-order valence-corrected chi connectivity index (χ1v) is 32.2. The molecule has 30 heteroatoms. The molecule has 0 aromatic carbocycles. The van der Waals surface area contributed by atoms with Crippen molar-refractivity contribution in [1.82, 2.24) is 0 Å². The Labute approximate surface area is 346 Å². The van der Waals surface area contributed by atoms with Gasteiger partial charge in [-0.2, -0.15) is 0 Å². The fourth-order valence-corrected chi connectivity index (χ4v) is 45.9. The van der Waals surface area contributed by atoms with Gasteiger partial charge in [-0.1, -0.05) is 25.4 Å². The summed E-state index contributed by atoms with van der Waals surface area (Å²) < 4.78 is 94.6. The zero-order valence-electron chi connectivity index (χ0n) is 32.0. The van der Waals surface area contributed by atoms with E-state index >= 15 is 0 Å². The number of fused-ring (bicyclic) bond motifs is 4. The molecule has 4 aliphatic heterocycles. The molecule has 0 saturated carbocycles. The molecule has 0 aromatic rings. The van der Waals surface area contributed by atoms with Crippen LogP contribution in [0.1, 0.15) is 20.8 Å². The number of hydrogen-bond donors (Lipinski definition) is 3. The van der Waals surface area contributed by atoms with Crippen LogP contribution in [-0.4, -0.2) is 152 Å². The summed E-state index contributed by atoms with van der Waals surface area (Å²) in [5.41, 5.74) is -0.455. The van der Waals surface area contributed by atoms with E-state index in [2.05, 4.69) is 52.6 Å². The zero-order valence-corrected chi connectivity index (χ0v) is 41.8. The number of ether oxygens (including phenoxy) is 3. The van der Waals surface area contributed by atoms with Gasteiger partial charge in [0.2, 0.25) is 0 Å². The van der Waals surface area contributed by atoms with Gasteiger partial charge >= 0.3 is 79.5 Å². The fraction of sp³-hybridized carbons (Fsp3) is 0.321. The van der Waals surface area contributed by atoms with E-state index in [1.807, 2.05) is 0 Å². The molecule has 320 valence electrons. The number of esters is 3. The third-order valence-electron chi connectivity index (χ3n) is 7.87. The molecule has 7 atom stereocenters. The van der Waals surface area contributed by atoms with Crippen LogP contribution in [0.3, 0.4) is 0 Å². The van der Waals surface area contributed by atoms with Gasteiger partial charge in [0.1, 0.15) is 19.8 Å². The summed E-state index contributed by atoms with van der Waals surface area (Å²) in [6.45, 7) is 31.4. The maximum atomic E-state index is 12.6. The summed E-state index contributed by atoms with van der Waals surface area (Å²) in [6, 6.07) is 0. The van der Waals surface area contributed by atoms with Gasteiger partial charge in [0, 0.05) is 16.7 Å². The van der Waals surface area contributed by atoms with Gasteiger partial charge in [0.05, 0.1) is 0 Å². The van der Waals surface area contributed by atoms with Crippen molar-refractivity contribution in [3.05, 3.63) is 97.8 Å². The first-order valence-electron chi connectivity index (χ1n) is 17.0. The SMILES string of the molecule is C=C[SiH2]O[Si]1(C(O)COC(=O)C(=C)C)O[Si]2(C=C)O[Si]3(C=C)O[Si](C=C)(O1)O[Si]1(C(O)COC(=O)C(=C)C)O[SiH2]O[Si](C(O)COC(=O)C(=C)C)(O2)O[Si](C=C)(O3)O1. The second-order valence-electron chi connectivity index (χ2n) is 12.6. The summed E-state index contributed by atoms with van der Waals surface area (Å²) in [4.78, 5) is 37.6. The first-order chi connectivity index (χ1) is 27.1. The summed E-state index contributed by atoms with van der Waals surface area (Å²) in [6.07, 6.45) is 0. The number of carbonyl (C=O) groups is 3. The van der Waals surface area contributed by atoms with Crippen LogP contribution in [0.5, 0.6) is 0 Å². The lowest BCUT2D eigenvalue weighted by Gasteiger charge is -2.58. The van der Waals surface area contributed by atoms with Crippen molar-refractivity contribution in [2.24, 2.45) is 0 Å². The van der Waals surface area contributed by atoms with Gasteiger partial charge in [-0.15, -0.1) is 32.9 Å². The predicted molar refractivity (Wildman–Crippen MR) is 217 cm³/mol. The van der Waals surface area contributed by atoms with Crippen LogP contribution in [0, 0.1) is 0 Å². The second kappa shape index (κ2) is 18.7. The smallest absolute Gasteiger partial charge is 0.460 e. The van der Waals surface area contributed by atoms with E-state index in [-0.39, 0.29) is 16.7 Å². The zero-order chi connectivity index (χ0) is 43.4. The van der Waals surface area contributed by atoms with Gasteiger partial charge < -0.3 is 78.9 Å². The van der Waals surface area contributed by atoms with E-state index in [4.69, 9.17) is 63.6 Å². The number of aliphatic hydroxyl groups is 3. The maximum absolute atomic E-state index is 12.6. The topological polar surface area (TPSA) is 250 Å². The Balaban J connectivity index is 2.09. The summed E-state index contributed by atoms with van der Waals surface area (Å²) in [5.74, 6) is -2.72. The highest BCUT2D eigenvalue weighted by Gasteiger charge is 2.80. The van der Waals surface area contributed by atoms with Crippen molar-refractivity contribution in [2.45, 2.75) is 38.0 Å². The van der Waals surface area contributed by atoms with Crippen molar-refractivity contribution in [2.75, 3.05) is 19.8 Å². The normalized spacial score (nSPS) is 36.2. The van der Waals surface area contributed by atoms with E-state index in [0.29, 0.717) is 0 Å². The molecule has 0 amide bonds. The van der Waals surface area contributed by atoms with Crippen LogP contribution in [0.15, 0.2) is 97.8 Å². The highest BCUT2D eigenvalue weighted by Crippen LogP contribution is 2.46. The fourth-order valence-electron chi connectivity index (χ4n) is 4.98. The third-order valence-corrected chi connectivity index (χ3v) is 40.0.